The predicted molar refractivity (Wildman–Crippen MR) is 109 cm³/mol. The van der Waals surface area contributed by atoms with Crippen LogP contribution in [0.1, 0.15) is 12.0 Å². The highest BCUT2D eigenvalue weighted by Crippen LogP contribution is 2.32. The SMILES string of the molecule is OCCc1cc(Oc2ccccc2F)ccc1N1CC[C@H](Oc2ncccc2F)C1. The van der Waals surface area contributed by atoms with E-state index < -0.39 is 11.6 Å². The summed E-state index contributed by atoms with van der Waals surface area (Å²) in [4.78, 5) is 6.08. The van der Waals surface area contributed by atoms with Crippen LogP contribution < -0.4 is 14.4 Å². The van der Waals surface area contributed by atoms with Crippen LogP contribution in [-0.4, -0.2) is 35.9 Å². The quantitative estimate of drug-likeness (QED) is 0.626. The van der Waals surface area contributed by atoms with Gasteiger partial charge in [0, 0.05) is 31.5 Å². The molecule has 0 aliphatic carbocycles. The summed E-state index contributed by atoms with van der Waals surface area (Å²) in [6, 6.07) is 14.5. The van der Waals surface area contributed by atoms with Crippen LogP contribution in [-0.2, 0) is 6.42 Å². The Balaban J connectivity index is 1.49. The number of aliphatic hydroxyl groups excluding tert-OH is 1. The van der Waals surface area contributed by atoms with Crippen LogP contribution >= 0.6 is 0 Å². The summed E-state index contributed by atoms with van der Waals surface area (Å²) in [5, 5.41) is 9.50. The normalized spacial score (nSPS) is 16.0. The van der Waals surface area contributed by atoms with Crippen LogP contribution in [0.3, 0.4) is 0 Å². The largest absolute Gasteiger partial charge is 0.470 e. The molecule has 0 unspecified atom stereocenters. The molecule has 0 amide bonds. The van der Waals surface area contributed by atoms with Crippen molar-refractivity contribution < 1.29 is 23.4 Å². The highest BCUT2D eigenvalue weighted by atomic mass is 19.1. The average Bonchev–Trinajstić information content (AvgIpc) is 3.20. The first-order valence-electron chi connectivity index (χ1n) is 9.82. The van der Waals surface area contributed by atoms with Crippen LogP contribution in [0.5, 0.6) is 17.4 Å². The summed E-state index contributed by atoms with van der Waals surface area (Å²) in [6.07, 6.45) is 2.47. The van der Waals surface area contributed by atoms with Gasteiger partial charge in [0.2, 0.25) is 0 Å². The topological polar surface area (TPSA) is 54.8 Å². The van der Waals surface area contributed by atoms with E-state index in [-0.39, 0.29) is 24.3 Å². The fourth-order valence-electron chi connectivity index (χ4n) is 3.57. The molecule has 1 atom stereocenters. The van der Waals surface area contributed by atoms with E-state index in [0.29, 0.717) is 18.7 Å². The van der Waals surface area contributed by atoms with Crippen LogP contribution in [0.4, 0.5) is 14.5 Å². The number of aliphatic hydroxyl groups is 1. The van der Waals surface area contributed by atoms with Crippen molar-refractivity contribution in [2.24, 2.45) is 0 Å². The molecule has 7 heteroatoms. The number of hydrogen-bond donors (Lipinski definition) is 1. The second-order valence-electron chi connectivity index (χ2n) is 7.06. The molecule has 156 valence electrons. The molecule has 1 saturated heterocycles. The number of nitrogens with zero attached hydrogens (tertiary/aromatic N) is 2. The molecule has 1 aliphatic heterocycles. The Labute approximate surface area is 173 Å². The summed E-state index contributed by atoms with van der Waals surface area (Å²) in [6.45, 7) is 1.27. The van der Waals surface area contributed by atoms with Gasteiger partial charge < -0.3 is 19.5 Å². The van der Waals surface area contributed by atoms with Gasteiger partial charge in [-0.2, -0.15) is 0 Å². The van der Waals surface area contributed by atoms with Crippen molar-refractivity contribution in [2.75, 3.05) is 24.6 Å². The molecule has 3 aromatic rings. The Kier molecular flexibility index (Phi) is 6.09. The average molecular weight is 412 g/mol. The summed E-state index contributed by atoms with van der Waals surface area (Å²) in [5.74, 6) is -0.270. The van der Waals surface area contributed by atoms with Crippen LogP contribution in [0.15, 0.2) is 60.8 Å². The Bertz CT molecular complexity index is 1020. The first-order valence-corrected chi connectivity index (χ1v) is 9.82. The van der Waals surface area contributed by atoms with Gasteiger partial charge in [0.05, 0.1) is 6.54 Å². The number of para-hydroxylation sites is 1. The lowest BCUT2D eigenvalue weighted by atomic mass is 10.1. The maximum absolute atomic E-state index is 13.9. The number of pyridine rings is 1. The van der Waals surface area contributed by atoms with Gasteiger partial charge in [0.25, 0.3) is 5.88 Å². The zero-order valence-corrected chi connectivity index (χ0v) is 16.3. The van der Waals surface area contributed by atoms with Crippen molar-refractivity contribution in [3.8, 4) is 17.4 Å². The number of anilines is 1. The zero-order valence-electron chi connectivity index (χ0n) is 16.3. The lowest BCUT2D eigenvalue weighted by molar-refractivity contribution is 0.205. The minimum absolute atomic E-state index is 0.00793. The van der Waals surface area contributed by atoms with Crippen LogP contribution in [0, 0.1) is 11.6 Å². The Morgan fingerprint density at radius 2 is 1.90 bits per heavy atom. The fraction of sp³-hybridized carbons (Fsp3) is 0.261. The third-order valence-electron chi connectivity index (χ3n) is 4.99. The predicted octanol–water partition coefficient (Wildman–Crippen LogP) is 4.34. The van der Waals surface area contributed by atoms with Crippen molar-refractivity contribution in [1.29, 1.82) is 0 Å². The van der Waals surface area contributed by atoms with Crippen LogP contribution in [0.2, 0.25) is 0 Å². The molecular weight excluding hydrogens is 390 g/mol. The fourth-order valence-corrected chi connectivity index (χ4v) is 3.57. The van der Waals surface area contributed by atoms with Gasteiger partial charge in [-0.3, -0.25) is 0 Å². The standard InChI is InChI=1S/C23H22F2N2O3/c24-19-4-1-2-6-22(19)29-17-7-8-21(16(14-17)10-13-28)27-12-9-18(15-27)30-23-20(25)5-3-11-26-23/h1-8,11,14,18,28H,9-10,12-13,15H2/t18-/m0/s1. The lowest BCUT2D eigenvalue weighted by Crippen LogP contribution is -2.26. The second-order valence-corrected chi connectivity index (χ2v) is 7.06. The molecule has 30 heavy (non-hydrogen) atoms. The molecule has 0 spiro atoms. The van der Waals surface area contributed by atoms with E-state index in [4.69, 9.17) is 9.47 Å². The number of rotatable bonds is 7. The number of ether oxygens (including phenoxy) is 2. The second kappa shape index (κ2) is 9.09. The smallest absolute Gasteiger partial charge is 0.250 e. The summed E-state index contributed by atoms with van der Waals surface area (Å²) < 4.78 is 39.1. The molecule has 0 radical (unpaired) electrons. The van der Waals surface area contributed by atoms with E-state index >= 15 is 0 Å². The van der Waals surface area contributed by atoms with Crippen LogP contribution in [0.25, 0.3) is 0 Å². The zero-order chi connectivity index (χ0) is 20.9. The molecule has 4 rings (SSSR count). The maximum atomic E-state index is 13.9. The molecule has 1 aliphatic rings. The highest BCUT2D eigenvalue weighted by Gasteiger charge is 2.27. The molecular formula is C23H22F2N2O3. The number of hydrogen-bond acceptors (Lipinski definition) is 5. The van der Waals surface area contributed by atoms with Crippen molar-refractivity contribution in [2.45, 2.75) is 18.9 Å². The molecule has 1 aromatic heterocycles. The van der Waals surface area contributed by atoms with E-state index in [9.17, 15) is 13.9 Å². The summed E-state index contributed by atoms with van der Waals surface area (Å²) >= 11 is 0. The van der Waals surface area contributed by atoms with E-state index in [2.05, 4.69) is 9.88 Å². The molecule has 2 aromatic carbocycles. The van der Waals surface area contributed by atoms with Gasteiger partial charge in [0.15, 0.2) is 17.4 Å². The van der Waals surface area contributed by atoms with E-state index in [0.717, 1.165) is 24.2 Å². The molecule has 5 nitrogen and oxygen atoms in total. The first kappa shape index (κ1) is 20.1. The monoisotopic (exact) mass is 412 g/mol. The molecule has 0 bridgehead atoms. The van der Waals surface area contributed by atoms with Crippen molar-refractivity contribution in [1.82, 2.24) is 4.98 Å². The lowest BCUT2D eigenvalue weighted by Gasteiger charge is -2.23. The first-order chi connectivity index (χ1) is 14.6. The highest BCUT2D eigenvalue weighted by molar-refractivity contribution is 5.58. The minimum Gasteiger partial charge on any atom is -0.470 e. The van der Waals surface area contributed by atoms with Crippen molar-refractivity contribution in [3.63, 3.8) is 0 Å². The van der Waals surface area contributed by atoms with Gasteiger partial charge in [-0.25, -0.2) is 13.8 Å². The third kappa shape index (κ3) is 4.52. The van der Waals surface area contributed by atoms with E-state index in [1.807, 2.05) is 12.1 Å². The molecule has 1 fully saturated rings. The number of halogens is 2. The van der Waals surface area contributed by atoms with Gasteiger partial charge >= 0.3 is 0 Å². The van der Waals surface area contributed by atoms with Gasteiger partial charge in [-0.05, 0) is 54.4 Å². The van der Waals surface area contributed by atoms with E-state index in [1.54, 1.807) is 24.3 Å². The Morgan fingerprint density at radius 1 is 1.07 bits per heavy atom. The molecule has 2 heterocycles. The minimum atomic E-state index is -0.480. The Morgan fingerprint density at radius 3 is 2.70 bits per heavy atom. The number of benzene rings is 2. The molecule has 0 saturated carbocycles. The van der Waals surface area contributed by atoms with Gasteiger partial charge in [0.1, 0.15) is 11.9 Å². The van der Waals surface area contributed by atoms with Crippen molar-refractivity contribution >= 4 is 5.69 Å². The summed E-state index contributed by atoms with van der Waals surface area (Å²) in [7, 11) is 0. The van der Waals surface area contributed by atoms with Gasteiger partial charge in [-0.15, -0.1) is 0 Å². The molecule has 1 N–H and O–H groups in total. The maximum Gasteiger partial charge on any atom is 0.250 e. The Hall–Kier alpha value is -3.19. The summed E-state index contributed by atoms with van der Waals surface area (Å²) in [5.41, 5.74) is 1.83. The third-order valence-corrected chi connectivity index (χ3v) is 4.99. The van der Waals surface area contributed by atoms with Gasteiger partial charge in [-0.1, -0.05) is 12.1 Å². The van der Waals surface area contributed by atoms with Crippen molar-refractivity contribution in [3.05, 3.63) is 78.0 Å². The van der Waals surface area contributed by atoms with E-state index in [1.165, 1.54) is 24.4 Å². The number of aromatic nitrogens is 1.